The minimum Gasteiger partial charge on any atom is -0.370 e. The lowest BCUT2D eigenvalue weighted by atomic mass is 10.0. The van der Waals surface area contributed by atoms with Crippen molar-refractivity contribution < 1.29 is 9.59 Å². The van der Waals surface area contributed by atoms with Crippen LogP contribution in [0, 0.1) is 6.92 Å². The van der Waals surface area contributed by atoms with Gasteiger partial charge in [0.2, 0.25) is 5.91 Å². The van der Waals surface area contributed by atoms with Gasteiger partial charge in [-0.2, -0.15) is 0 Å². The second-order valence-electron chi connectivity index (χ2n) is 6.03. The third kappa shape index (κ3) is 4.00. The van der Waals surface area contributed by atoms with Crippen LogP contribution >= 0.6 is 11.6 Å². The van der Waals surface area contributed by atoms with E-state index in [0.29, 0.717) is 10.7 Å². The molecular weight excluding hydrogens is 338 g/mol. The van der Waals surface area contributed by atoms with Crippen LogP contribution in [0.15, 0.2) is 48.5 Å². The number of nitrogens with two attached hydrogens (primary N) is 1. The third-order valence-corrected chi connectivity index (χ3v) is 4.22. The molecule has 0 aliphatic carbocycles. The number of carbonyl (C=O) groups excluding carboxylic acids is 2. The summed E-state index contributed by atoms with van der Waals surface area (Å²) in [6, 6.07) is 14.2. The van der Waals surface area contributed by atoms with E-state index in [9.17, 15) is 9.59 Å². The molecule has 0 fully saturated rings. The average molecular weight is 356 g/mol. The molecule has 3 rings (SSSR count). The number of nitrogens with one attached hydrogen (secondary N) is 2. The van der Waals surface area contributed by atoms with Gasteiger partial charge in [0, 0.05) is 15.9 Å². The fraction of sp³-hybridized carbons (Fsp3) is 0.158. The second kappa shape index (κ2) is 6.99. The van der Waals surface area contributed by atoms with Gasteiger partial charge in [-0.15, -0.1) is 0 Å². The predicted molar refractivity (Wildman–Crippen MR) is 98.5 cm³/mol. The van der Waals surface area contributed by atoms with Gasteiger partial charge in [0.15, 0.2) is 0 Å². The lowest BCUT2D eigenvalue weighted by Gasteiger charge is -2.17. The van der Waals surface area contributed by atoms with Crippen molar-refractivity contribution in [3.8, 4) is 0 Å². The molecule has 4 N–H and O–H groups in total. The maximum atomic E-state index is 12.6. The van der Waals surface area contributed by atoms with E-state index < -0.39 is 11.9 Å². The molecule has 1 aromatic heterocycles. The zero-order valence-corrected chi connectivity index (χ0v) is 14.4. The first kappa shape index (κ1) is 17.0. The Kier molecular flexibility index (Phi) is 4.76. The number of amides is 2. The van der Waals surface area contributed by atoms with Crippen molar-refractivity contribution in [1.82, 2.24) is 10.3 Å². The molecule has 2 amide bonds. The maximum Gasteiger partial charge on any atom is 0.268 e. The summed E-state index contributed by atoms with van der Waals surface area (Å²) in [5.41, 5.74) is 8.48. The predicted octanol–water partition coefficient (Wildman–Crippen LogP) is 3.48. The van der Waals surface area contributed by atoms with E-state index in [1.165, 1.54) is 0 Å². The number of benzene rings is 2. The molecule has 0 unspecified atom stereocenters. The SMILES string of the molecule is Cc1ccc2cc(C(=O)N[C@H](CC(N)=O)c3cccc(Cl)c3)[nH]c2c1. The van der Waals surface area contributed by atoms with Crippen LogP contribution in [0.25, 0.3) is 10.9 Å². The van der Waals surface area contributed by atoms with Crippen molar-refractivity contribution in [2.75, 3.05) is 0 Å². The highest BCUT2D eigenvalue weighted by Gasteiger charge is 2.19. The molecule has 0 aliphatic rings. The first-order chi connectivity index (χ1) is 11.9. The van der Waals surface area contributed by atoms with Gasteiger partial charge >= 0.3 is 0 Å². The minimum atomic E-state index is -0.545. The Balaban J connectivity index is 1.87. The number of hydrogen-bond donors (Lipinski definition) is 3. The summed E-state index contributed by atoms with van der Waals surface area (Å²) in [6.07, 6.45) is -0.00851. The van der Waals surface area contributed by atoms with Gasteiger partial charge < -0.3 is 16.0 Å². The normalized spacial score (nSPS) is 12.1. The van der Waals surface area contributed by atoms with E-state index in [1.54, 1.807) is 30.3 Å². The molecule has 1 atom stereocenters. The lowest BCUT2D eigenvalue weighted by Crippen LogP contribution is -2.32. The summed E-state index contributed by atoms with van der Waals surface area (Å²) >= 11 is 6.01. The Morgan fingerprint density at radius 2 is 2.00 bits per heavy atom. The Hall–Kier alpha value is -2.79. The molecule has 6 heteroatoms. The summed E-state index contributed by atoms with van der Waals surface area (Å²) in [6.45, 7) is 1.99. The monoisotopic (exact) mass is 355 g/mol. The van der Waals surface area contributed by atoms with Crippen molar-refractivity contribution in [2.24, 2.45) is 5.73 Å². The van der Waals surface area contributed by atoms with Gasteiger partial charge in [0.25, 0.3) is 5.91 Å². The summed E-state index contributed by atoms with van der Waals surface area (Å²) in [5.74, 6) is -0.808. The number of aromatic nitrogens is 1. The van der Waals surface area contributed by atoms with Gasteiger partial charge in [-0.1, -0.05) is 35.9 Å². The standard InChI is InChI=1S/C19H18ClN3O2/c1-11-5-6-13-9-17(22-15(13)7-11)19(25)23-16(10-18(21)24)12-3-2-4-14(20)8-12/h2-9,16,22H,10H2,1H3,(H2,21,24)(H,23,25)/t16-/m1/s1. The maximum absolute atomic E-state index is 12.6. The van der Waals surface area contributed by atoms with Crippen molar-refractivity contribution in [3.63, 3.8) is 0 Å². The minimum absolute atomic E-state index is 0.00851. The van der Waals surface area contributed by atoms with Crippen molar-refractivity contribution in [2.45, 2.75) is 19.4 Å². The number of aryl methyl sites for hydroxylation is 1. The summed E-state index contributed by atoms with van der Waals surface area (Å²) < 4.78 is 0. The van der Waals surface area contributed by atoms with Crippen LogP contribution in [0.1, 0.15) is 34.1 Å². The van der Waals surface area contributed by atoms with E-state index in [1.807, 2.05) is 25.1 Å². The van der Waals surface area contributed by atoms with Crippen molar-refractivity contribution >= 4 is 34.3 Å². The quantitative estimate of drug-likeness (QED) is 0.654. The summed E-state index contributed by atoms with van der Waals surface area (Å²) in [4.78, 5) is 27.1. The molecule has 1 heterocycles. The number of fused-ring (bicyclic) bond motifs is 1. The van der Waals surface area contributed by atoms with Crippen LogP contribution in [0.2, 0.25) is 5.02 Å². The zero-order chi connectivity index (χ0) is 18.0. The molecule has 2 aromatic carbocycles. The van der Waals surface area contributed by atoms with E-state index in [-0.39, 0.29) is 12.3 Å². The fourth-order valence-corrected chi connectivity index (χ4v) is 2.97. The highest BCUT2D eigenvalue weighted by atomic mass is 35.5. The van der Waals surface area contributed by atoms with Crippen LogP contribution in [-0.4, -0.2) is 16.8 Å². The molecule has 25 heavy (non-hydrogen) atoms. The third-order valence-electron chi connectivity index (χ3n) is 3.98. The largest absolute Gasteiger partial charge is 0.370 e. The van der Waals surface area contributed by atoms with Gasteiger partial charge in [-0.25, -0.2) is 0 Å². The van der Waals surface area contributed by atoms with Crippen LogP contribution in [0.5, 0.6) is 0 Å². The summed E-state index contributed by atoms with van der Waals surface area (Å²) in [7, 11) is 0. The van der Waals surface area contributed by atoms with E-state index in [2.05, 4.69) is 10.3 Å². The number of hydrogen-bond acceptors (Lipinski definition) is 2. The molecule has 0 radical (unpaired) electrons. The average Bonchev–Trinajstić information content (AvgIpc) is 2.97. The van der Waals surface area contributed by atoms with Crippen molar-refractivity contribution in [1.29, 1.82) is 0 Å². The van der Waals surface area contributed by atoms with E-state index >= 15 is 0 Å². The molecule has 128 valence electrons. The Morgan fingerprint density at radius 3 is 2.72 bits per heavy atom. The molecule has 0 bridgehead atoms. The fourth-order valence-electron chi connectivity index (χ4n) is 2.78. The van der Waals surface area contributed by atoms with Crippen LogP contribution in [-0.2, 0) is 4.79 Å². The smallest absolute Gasteiger partial charge is 0.268 e. The van der Waals surface area contributed by atoms with Gasteiger partial charge in [0.1, 0.15) is 5.69 Å². The molecule has 0 spiro atoms. The first-order valence-electron chi connectivity index (χ1n) is 7.86. The zero-order valence-electron chi connectivity index (χ0n) is 13.7. The Morgan fingerprint density at radius 1 is 1.20 bits per heavy atom. The highest BCUT2D eigenvalue weighted by Crippen LogP contribution is 2.22. The van der Waals surface area contributed by atoms with Gasteiger partial charge in [0.05, 0.1) is 12.5 Å². The topological polar surface area (TPSA) is 88.0 Å². The number of H-pyrrole nitrogens is 1. The summed E-state index contributed by atoms with van der Waals surface area (Å²) in [5, 5.41) is 4.33. The number of carbonyl (C=O) groups is 2. The lowest BCUT2D eigenvalue weighted by molar-refractivity contribution is -0.118. The van der Waals surface area contributed by atoms with Crippen molar-refractivity contribution in [3.05, 3.63) is 70.4 Å². The molecule has 0 saturated heterocycles. The first-order valence-corrected chi connectivity index (χ1v) is 8.24. The van der Waals surface area contributed by atoms with E-state index in [4.69, 9.17) is 17.3 Å². The van der Waals surface area contributed by atoms with Gasteiger partial charge in [-0.05, 0) is 42.3 Å². The Bertz CT molecular complexity index is 949. The van der Waals surface area contributed by atoms with Gasteiger partial charge in [-0.3, -0.25) is 9.59 Å². The second-order valence-corrected chi connectivity index (χ2v) is 6.46. The van der Waals surface area contributed by atoms with Crippen LogP contribution < -0.4 is 11.1 Å². The molecule has 5 nitrogen and oxygen atoms in total. The highest BCUT2D eigenvalue weighted by molar-refractivity contribution is 6.30. The molecule has 0 saturated carbocycles. The number of primary amides is 1. The number of rotatable bonds is 5. The van der Waals surface area contributed by atoms with Crippen LogP contribution in [0.3, 0.4) is 0 Å². The van der Waals surface area contributed by atoms with E-state index in [0.717, 1.165) is 22.0 Å². The number of halogens is 1. The Labute approximate surface area is 150 Å². The number of aromatic amines is 1. The molecule has 0 aliphatic heterocycles. The molecule has 3 aromatic rings. The molecular formula is C19H18ClN3O2. The van der Waals surface area contributed by atoms with Crippen LogP contribution in [0.4, 0.5) is 0 Å².